The van der Waals surface area contributed by atoms with Crippen LogP contribution in [-0.4, -0.2) is 58.3 Å². The van der Waals surface area contributed by atoms with E-state index in [1.807, 2.05) is 0 Å². The first-order chi connectivity index (χ1) is 14.8. The van der Waals surface area contributed by atoms with Crippen molar-refractivity contribution in [3.63, 3.8) is 0 Å². The molecule has 0 bridgehead atoms. The van der Waals surface area contributed by atoms with E-state index < -0.39 is 0 Å². The molecule has 0 rings (SSSR count). The van der Waals surface area contributed by atoms with E-state index in [2.05, 4.69) is 28.2 Å². The Balaban J connectivity index is 3.13. The van der Waals surface area contributed by atoms with Gasteiger partial charge in [-0.05, 0) is 6.42 Å². The molecule has 0 radical (unpaired) electrons. The van der Waals surface area contributed by atoms with Gasteiger partial charge in [-0.25, -0.2) is 0 Å². The molecule has 6 nitrogen and oxygen atoms in total. The maximum atomic E-state index is 11.8. The first-order valence-corrected chi connectivity index (χ1v) is 12.9. The van der Waals surface area contributed by atoms with Gasteiger partial charge >= 0.3 is 0 Å². The zero-order chi connectivity index (χ0) is 22.0. The second-order valence-electron chi connectivity index (χ2n) is 8.38. The number of hydrogen-bond donors (Lipinski definition) is 5. The lowest BCUT2D eigenvalue weighted by atomic mass is 10.0. The van der Waals surface area contributed by atoms with Crippen LogP contribution >= 0.6 is 0 Å². The third-order valence-corrected chi connectivity index (χ3v) is 5.41. The van der Waals surface area contributed by atoms with E-state index in [0.29, 0.717) is 13.0 Å². The van der Waals surface area contributed by atoms with Crippen LogP contribution in [0.3, 0.4) is 0 Å². The smallest absolute Gasteiger partial charge is 0.220 e. The molecule has 0 atom stereocenters. The van der Waals surface area contributed by atoms with Crippen LogP contribution < -0.4 is 27.0 Å². The average Bonchev–Trinajstić information content (AvgIpc) is 2.75. The van der Waals surface area contributed by atoms with E-state index in [0.717, 1.165) is 52.2 Å². The second kappa shape index (κ2) is 26.3. The molecule has 0 unspecified atom stereocenters. The van der Waals surface area contributed by atoms with Gasteiger partial charge in [0.15, 0.2) is 0 Å². The molecular weight excluding hydrogens is 374 g/mol. The summed E-state index contributed by atoms with van der Waals surface area (Å²) >= 11 is 0. The van der Waals surface area contributed by atoms with Crippen LogP contribution in [0.5, 0.6) is 0 Å². The number of carbonyl (C=O) groups excluding carboxylic acids is 1. The Morgan fingerprint density at radius 2 is 0.967 bits per heavy atom. The number of nitrogens with two attached hydrogens (primary N) is 1. The van der Waals surface area contributed by atoms with Gasteiger partial charge < -0.3 is 27.0 Å². The van der Waals surface area contributed by atoms with Gasteiger partial charge in [-0.15, -0.1) is 0 Å². The summed E-state index contributed by atoms with van der Waals surface area (Å²) in [5.74, 6) is 0.198. The molecule has 30 heavy (non-hydrogen) atoms. The van der Waals surface area contributed by atoms with Crippen molar-refractivity contribution in [3.05, 3.63) is 0 Å². The summed E-state index contributed by atoms with van der Waals surface area (Å²) in [5, 5.41) is 13.0. The molecule has 0 saturated carbocycles. The number of nitrogens with one attached hydrogen (secondary N) is 4. The van der Waals surface area contributed by atoms with Crippen molar-refractivity contribution in [3.8, 4) is 0 Å². The third-order valence-electron chi connectivity index (χ3n) is 5.41. The lowest BCUT2D eigenvalue weighted by Crippen LogP contribution is -2.36. The van der Waals surface area contributed by atoms with Crippen molar-refractivity contribution >= 4 is 5.91 Å². The van der Waals surface area contributed by atoms with Crippen molar-refractivity contribution in [2.45, 2.75) is 96.8 Å². The molecule has 0 aliphatic rings. The highest BCUT2D eigenvalue weighted by molar-refractivity contribution is 5.75. The topological polar surface area (TPSA) is 91.2 Å². The quantitative estimate of drug-likeness (QED) is 0.144. The molecule has 180 valence electrons. The fourth-order valence-electron chi connectivity index (χ4n) is 3.51. The summed E-state index contributed by atoms with van der Waals surface area (Å²) in [6.07, 6.45) is 18.1. The minimum Gasteiger partial charge on any atom is -0.355 e. The molecule has 6 heteroatoms. The van der Waals surface area contributed by atoms with Crippen molar-refractivity contribution in [2.75, 3.05) is 52.4 Å². The summed E-state index contributed by atoms with van der Waals surface area (Å²) in [6.45, 7) is 9.16. The highest BCUT2D eigenvalue weighted by Gasteiger charge is 2.00. The molecule has 0 aliphatic heterocycles. The Hall–Kier alpha value is -0.690. The van der Waals surface area contributed by atoms with Gasteiger partial charge in [-0.2, -0.15) is 0 Å². The highest BCUT2D eigenvalue weighted by Crippen LogP contribution is 2.12. The van der Waals surface area contributed by atoms with E-state index in [9.17, 15) is 4.79 Å². The molecule has 0 aromatic heterocycles. The second-order valence-corrected chi connectivity index (χ2v) is 8.38. The van der Waals surface area contributed by atoms with Crippen LogP contribution in [0.4, 0.5) is 0 Å². The van der Waals surface area contributed by atoms with E-state index in [-0.39, 0.29) is 5.91 Å². The molecule has 1 amide bonds. The number of hydrogen-bond acceptors (Lipinski definition) is 5. The van der Waals surface area contributed by atoms with E-state index in [1.54, 1.807) is 0 Å². The summed E-state index contributed by atoms with van der Waals surface area (Å²) in [4.78, 5) is 11.8. The van der Waals surface area contributed by atoms with E-state index >= 15 is 0 Å². The zero-order valence-corrected chi connectivity index (χ0v) is 20.0. The van der Waals surface area contributed by atoms with Crippen LogP contribution in [-0.2, 0) is 4.79 Å². The molecule has 6 N–H and O–H groups in total. The molecule has 0 spiro atoms. The van der Waals surface area contributed by atoms with Gasteiger partial charge in [-0.1, -0.05) is 84.0 Å². The predicted molar refractivity (Wildman–Crippen MR) is 131 cm³/mol. The van der Waals surface area contributed by atoms with Crippen LogP contribution in [0, 0.1) is 0 Å². The number of amides is 1. The Kier molecular flexibility index (Phi) is 25.7. The van der Waals surface area contributed by atoms with Gasteiger partial charge in [0, 0.05) is 58.8 Å². The van der Waals surface area contributed by atoms with Crippen molar-refractivity contribution in [2.24, 2.45) is 5.73 Å². The SMILES string of the molecule is CCCCCCCCCCCCCCCC(=O)NCCNCCNCCNCCN. The Morgan fingerprint density at radius 3 is 1.43 bits per heavy atom. The Bertz CT molecular complexity index is 342. The largest absolute Gasteiger partial charge is 0.355 e. The van der Waals surface area contributed by atoms with Crippen LogP contribution in [0.2, 0.25) is 0 Å². The Morgan fingerprint density at radius 1 is 0.567 bits per heavy atom. The Labute approximate surface area is 187 Å². The monoisotopic (exact) mass is 427 g/mol. The molecule has 0 aliphatic carbocycles. The van der Waals surface area contributed by atoms with Gasteiger partial charge in [-0.3, -0.25) is 4.79 Å². The van der Waals surface area contributed by atoms with E-state index in [4.69, 9.17) is 5.73 Å². The first kappa shape index (κ1) is 29.3. The molecule has 0 aromatic carbocycles. The molecule has 0 heterocycles. The van der Waals surface area contributed by atoms with Crippen LogP contribution in [0.1, 0.15) is 96.8 Å². The minimum absolute atomic E-state index is 0.198. The predicted octanol–water partition coefficient (Wildman–Crippen LogP) is 3.31. The lowest BCUT2D eigenvalue weighted by molar-refractivity contribution is -0.121. The molecule has 0 saturated heterocycles. The van der Waals surface area contributed by atoms with Crippen molar-refractivity contribution < 1.29 is 4.79 Å². The minimum atomic E-state index is 0.198. The zero-order valence-electron chi connectivity index (χ0n) is 20.0. The lowest BCUT2D eigenvalue weighted by Gasteiger charge is -2.08. The van der Waals surface area contributed by atoms with Gasteiger partial charge in [0.25, 0.3) is 0 Å². The standard InChI is InChI=1S/C24H53N5O/c1-2-3-4-5-6-7-8-9-10-11-12-13-14-15-24(30)29-23-22-28-21-20-27-19-18-26-17-16-25/h26-28H,2-23,25H2,1H3,(H,29,30). The summed E-state index contributed by atoms with van der Waals surface area (Å²) in [7, 11) is 0. The van der Waals surface area contributed by atoms with Crippen molar-refractivity contribution in [1.29, 1.82) is 0 Å². The maximum Gasteiger partial charge on any atom is 0.220 e. The molecule has 0 fully saturated rings. The summed E-state index contributed by atoms with van der Waals surface area (Å²) < 4.78 is 0. The number of rotatable bonds is 25. The van der Waals surface area contributed by atoms with E-state index in [1.165, 1.54) is 77.0 Å². The molecular formula is C24H53N5O. The van der Waals surface area contributed by atoms with Gasteiger partial charge in [0.1, 0.15) is 0 Å². The first-order valence-electron chi connectivity index (χ1n) is 12.9. The fourth-order valence-corrected chi connectivity index (χ4v) is 3.51. The summed E-state index contributed by atoms with van der Waals surface area (Å²) in [5.41, 5.74) is 5.41. The third kappa shape index (κ3) is 25.3. The average molecular weight is 428 g/mol. The number of unbranched alkanes of at least 4 members (excludes halogenated alkanes) is 12. The van der Waals surface area contributed by atoms with Crippen LogP contribution in [0.25, 0.3) is 0 Å². The maximum absolute atomic E-state index is 11.8. The fraction of sp³-hybridized carbons (Fsp3) is 0.958. The highest BCUT2D eigenvalue weighted by atomic mass is 16.1. The van der Waals surface area contributed by atoms with Gasteiger partial charge in [0.05, 0.1) is 0 Å². The van der Waals surface area contributed by atoms with Crippen LogP contribution in [0.15, 0.2) is 0 Å². The normalized spacial score (nSPS) is 11.1. The number of carbonyl (C=O) groups is 1. The van der Waals surface area contributed by atoms with Gasteiger partial charge in [0.2, 0.25) is 5.91 Å². The van der Waals surface area contributed by atoms with Crippen molar-refractivity contribution in [1.82, 2.24) is 21.3 Å². The molecule has 0 aromatic rings. The summed E-state index contributed by atoms with van der Waals surface area (Å²) in [6, 6.07) is 0.